The van der Waals surface area contributed by atoms with Crippen LogP contribution in [0.4, 0.5) is 0 Å². The van der Waals surface area contributed by atoms with Gasteiger partial charge in [-0.1, -0.05) is 0 Å². The van der Waals surface area contributed by atoms with Crippen molar-refractivity contribution < 1.29 is 0 Å². The molecular weight excluding hydrogens is 130 g/mol. The Hall–Kier alpha value is -1.02. The maximum Gasteiger partial charge on any atom is 0.353 e. The molecule has 0 saturated carbocycles. The van der Waals surface area contributed by atoms with Gasteiger partial charge in [0.25, 0.3) is 0 Å². The molecule has 1 rings (SSSR count). The van der Waals surface area contributed by atoms with Crippen LogP contribution in [-0.4, -0.2) is 5.12 Å². The molecule has 0 saturated heterocycles. The van der Waals surface area contributed by atoms with Crippen LogP contribution in [0.2, 0.25) is 0 Å². The highest BCUT2D eigenvalue weighted by atomic mass is 35.5. The summed E-state index contributed by atoms with van der Waals surface area (Å²) in [4.78, 5) is 0. The third-order valence-electron chi connectivity index (χ3n) is 0.537. The molecule has 0 atom stereocenters. The average Bonchev–Trinajstić information content (AvgIpc) is 2.17. The molecule has 0 radical (unpaired) electrons. The highest BCUT2D eigenvalue weighted by molar-refractivity contribution is 6.25. The fourth-order valence-electron chi connectivity index (χ4n) is 0.223. The van der Waals surface area contributed by atoms with Gasteiger partial charge in [0.15, 0.2) is 0 Å². The minimum absolute atomic E-state index is 1.57. The van der Waals surface area contributed by atoms with Gasteiger partial charge in [0.2, 0.25) is 0 Å². The third-order valence-corrected chi connectivity index (χ3v) is 0.772. The monoisotopic (exact) mass is 129 g/mol. The van der Waals surface area contributed by atoms with Crippen molar-refractivity contribution in [3.05, 3.63) is 0 Å². The van der Waals surface area contributed by atoms with E-state index in [1.807, 2.05) is 0 Å². The fraction of sp³-hybridized carbons (Fsp3) is 0.500. The van der Waals surface area contributed by atoms with Gasteiger partial charge in [-0.05, 0) is 22.0 Å². The Morgan fingerprint density at radius 3 is 2.12 bits per heavy atom. The zero-order valence-electron chi connectivity index (χ0n) is 3.61. The van der Waals surface area contributed by atoms with Crippen LogP contribution < -0.4 is 0 Å². The van der Waals surface area contributed by atoms with E-state index in [0.29, 0.717) is 0 Å². The molecule has 0 spiro atoms. The molecule has 8 heavy (non-hydrogen) atoms. The smallest absolute Gasteiger partial charge is 0.192 e. The van der Waals surface area contributed by atoms with Crippen molar-refractivity contribution in [3.8, 4) is 6.07 Å². The lowest BCUT2D eigenvalue weighted by atomic mass is 10.6. The largest absolute Gasteiger partial charge is 0.353 e. The summed E-state index contributed by atoms with van der Waals surface area (Å²) in [6.07, 6.45) is 0. The topological polar surface area (TPSA) is 73.2 Å². The van der Waals surface area contributed by atoms with Gasteiger partial charge < -0.3 is 0 Å². The van der Waals surface area contributed by atoms with Gasteiger partial charge in [-0.15, -0.1) is 10.2 Å². The number of nitrogens with zero attached hydrogens (tertiary/aromatic N) is 5. The first-order valence-corrected chi connectivity index (χ1v) is 2.09. The maximum absolute atomic E-state index is 8.14. The number of nitriles is 1. The zero-order chi connectivity index (χ0) is 6.04. The summed E-state index contributed by atoms with van der Waals surface area (Å²) >= 11 is 5.27. The normalized spacial score (nSPS) is 21.0. The fourth-order valence-corrected chi connectivity index (χ4v) is 0.291. The lowest BCUT2D eigenvalue weighted by Gasteiger charge is -1.92. The van der Waals surface area contributed by atoms with E-state index >= 15 is 0 Å². The van der Waals surface area contributed by atoms with E-state index in [1.54, 1.807) is 6.07 Å². The minimum atomic E-state index is -1.57. The number of alkyl halides is 1. The Morgan fingerprint density at radius 2 is 1.88 bits per heavy atom. The van der Waals surface area contributed by atoms with Crippen LogP contribution in [0.25, 0.3) is 0 Å². The molecule has 0 fully saturated rings. The van der Waals surface area contributed by atoms with Crippen molar-refractivity contribution in [2.24, 2.45) is 20.7 Å². The summed E-state index contributed by atoms with van der Waals surface area (Å²) in [7, 11) is 0. The molecule has 1 aliphatic heterocycles. The summed E-state index contributed by atoms with van der Waals surface area (Å²) in [6.45, 7) is 0. The summed E-state index contributed by atoms with van der Waals surface area (Å²) in [6, 6.07) is 1.58. The van der Waals surface area contributed by atoms with Gasteiger partial charge in [0.05, 0.1) is 0 Å². The Kier molecular flexibility index (Phi) is 0.954. The molecule has 1 heterocycles. The van der Waals surface area contributed by atoms with Gasteiger partial charge in [0, 0.05) is 0 Å². The summed E-state index contributed by atoms with van der Waals surface area (Å²) in [5, 5.41) is 19.0. The van der Waals surface area contributed by atoms with Gasteiger partial charge in [0.1, 0.15) is 6.07 Å². The summed E-state index contributed by atoms with van der Waals surface area (Å²) in [5.74, 6) is 0. The summed E-state index contributed by atoms with van der Waals surface area (Å²) in [5.41, 5.74) is 0. The molecule has 6 heteroatoms. The number of hydrogen-bond donors (Lipinski definition) is 0. The Morgan fingerprint density at radius 1 is 1.38 bits per heavy atom. The van der Waals surface area contributed by atoms with Crippen molar-refractivity contribution in [2.75, 3.05) is 0 Å². The van der Waals surface area contributed by atoms with Crippen LogP contribution in [0.15, 0.2) is 20.7 Å². The lowest BCUT2D eigenvalue weighted by Crippen LogP contribution is -2.05. The standard InChI is InChI=1S/C2ClN5/c3-2(1-4)5-7-8-6-2. The summed E-state index contributed by atoms with van der Waals surface area (Å²) < 4.78 is 0. The highest BCUT2D eigenvalue weighted by Gasteiger charge is 2.28. The van der Waals surface area contributed by atoms with Crippen LogP contribution >= 0.6 is 11.6 Å². The number of hydrogen-bond acceptors (Lipinski definition) is 5. The maximum atomic E-state index is 8.14. The number of halogens is 1. The first-order valence-electron chi connectivity index (χ1n) is 1.71. The molecule has 0 aromatic rings. The second-order valence-corrected chi connectivity index (χ2v) is 1.60. The molecule has 0 N–H and O–H groups in total. The van der Waals surface area contributed by atoms with Crippen molar-refractivity contribution in [1.82, 2.24) is 0 Å². The molecule has 0 aromatic heterocycles. The highest BCUT2D eigenvalue weighted by Crippen LogP contribution is 2.22. The molecule has 5 nitrogen and oxygen atoms in total. The molecule has 0 bridgehead atoms. The van der Waals surface area contributed by atoms with Gasteiger partial charge in [-0.3, -0.25) is 0 Å². The zero-order valence-corrected chi connectivity index (χ0v) is 4.37. The predicted octanol–water partition coefficient (Wildman–Crippen LogP) is 1.24. The molecule has 40 valence electrons. The Labute approximate surface area is 49.7 Å². The van der Waals surface area contributed by atoms with Crippen LogP contribution in [0, 0.1) is 11.3 Å². The third kappa shape index (κ3) is 0.654. The SMILES string of the molecule is N#CC1(Cl)N=NN=N1. The van der Waals surface area contributed by atoms with Crippen LogP contribution in [0.5, 0.6) is 0 Å². The van der Waals surface area contributed by atoms with Gasteiger partial charge >= 0.3 is 5.12 Å². The minimum Gasteiger partial charge on any atom is -0.192 e. The van der Waals surface area contributed by atoms with Crippen LogP contribution in [0.3, 0.4) is 0 Å². The molecular formula is C2ClN5. The van der Waals surface area contributed by atoms with Crippen molar-refractivity contribution in [1.29, 1.82) is 5.26 Å². The van der Waals surface area contributed by atoms with E-state index in [4.69, 9.17) is 16.9 Å². The van der Waals surface area contributed by atoms with Crippen LogP contribution in [-0.2, 0) is 0 Å². The van der Waals surface area contributed by atoms with Crippen LogP contribution in [0.1, 0.15) is 0 Å². The second-order valence-electron chi connectivity index (χ2n) is 1.08. The molecule has 0 unspecified atom stereocenters. The first-order chi connectivity index (χ1) is 3.77. The van der Waals surface area contributed by atoms with Crippen molar-refractivity contribution in [2.45, 2.75) is 5.12 Å². The average molecular weight is 130 g/mol. The Balaban J connectivity index is 2.89. The second kappa shape index (κ2) is 1.49. The molecule has 1 aliphatic rings. The number of rotatable bonds is 0. The van der Waals surface area contributed by atoms with Gasteiger partial charge in [-0.2, -0.15) is 5.26 Å². The molecule has 0 amide bonds. The van der Waals surface area contributed by atoms with E-state index in [9.17, 15) is 0 Å². The predicted molar refractivity (Wildman–Crippen MR) is 23.9 cm³/mol. The van der Waals surface area contributed by atoms with E-state index in [2.05, 4.69) is 20.7 Å². The van der Waals surface area contributed by atoms with Gasteiger partial charge in [-0.25, -0.2) is 0 Å². The van der Waals surface area contributed by atoms with E-state index in [-0.39, 0.29) is 0 Å². The quantitative estimate of drug-likeness (QED) is 0.358. The molecule has 0 aromatic carbocycles. The van der Waals surface area contributed by atoms with Crippen molar-refractivity contribution in [3.63, 3.8) is 0 Å². The Bertz CT molecular complexity index is 175. The molecule has 0 aliphatic carbocycles. The van der Waals surface area contributed by atoms with E-state index < -0.39 is 5.12 Å². The van der Waals surface area contributed by atoms with E-state index in [1.165, 1.54) is 0 Å². The van der Waals surface area contributed by atoms with E-state index in [0.717, 1.165) is 0 Å². The first kappa shape index (κ1) is 5.12. The lowest BCUT2D eigenvalue weighted by molar-refractivity contribution is 0.790. The van der Waals surface area contributed by atoms with Crippen molar-refractivity contribution >= 4 is 11.6 Å².